The Hall–Kier alpha value is -0.610. The molecule has 0 radical (unpaired) electrons. The SMILES string of the molecule is CCNCCOCC(=O)NC1CC1. The largest absolute Gasteiger partial charge is 0.370 e. The molecular weight excluding hydrogens is 168 g/mol. The van der Waals surface area contributed by atoms with Crippen molar-refractivity contribution in [3.63, 3.8) is 0 Å². The summed E-state index contributed by atoms with van der Waals surface area (Å²) in [6.07, 6.45) is 2.26. The molecule has 4 nitrogen and oxygen atoms in total. The summed E-state index contributed by atoms with van der Waals surface area (Å²) in [5.74, 6) is 0.0130. The highest BCUT2D eigenvalue weighted by Gasteiger charge is 2.22. The Bertz CT molecular complexity index is 158. The molecule has 0 aliphatic heterocycles. The molecule has 0 aromatic rings. The number of ether oxygens (including phenoxy) is 1. The molecule has 1 fully saturated rings. The third-order valence-corrected chi connectivity index (χ3v) is 1.85. The Balaban J connectivity index is 1.83. The molecule has 4 heteroatoms. The molecule has 2 N–H and O–H groups in total. The summed E-state index contributed by atoms with van der Waals surface area (Å²) < 4.78 is 5.15. The average molecular weight is 186 g/mol. The van der Waals surface area contributed by atoms with Gasteiger partial charge in [-0.3, -0.25) is 4.79 Å². The molecule has 0 aromatic carbocycles. The van der Waals surface area contributed by atoms with Gasteiger partial charge < -0.3 is 15.4 Å². The van der Waals surface area contributed by atoms with Crippen molar-refractivity contribution >= 4 is 5.91 Å². The minimum absolute atomic E-state index is 0.0130. The van der Waals surface area contributed by atoms with Gasteiger partial charge in [0.1, 0.15) is 6.61 Å². The summed E-state index contributed by atoms with van der Waals surface area (Å²) in [5.41, 5.74) is 0. The van der Waals surface area contributed by atoms with Crippen molar-refractivity contribution in [2.75, 3.05) is 26.3 Å². The molecule has 76 valence electrons. The second kappa shape index (κ2) is 5.94. The van der Waals surface area contributed by atoms with Crippen molar-refractivity contribution in [2.24, 2.45) is 0 Å². The van der Waals surface area contributed by atoms with Crippen LogP contribution in [-0.4, -0.2) is 38.3 Å². The topological polar surface area (TPSA) is 50.4 Å². The van der Waals surface area contributed by atoms with Crippen molar-refractivity contribution in [2.45, 2.75) is 25.8 Å². The first kappa shape index (κ1) is 10.5. The zero-order valence-corrected chi connectivity index (χ0v) is 8.14. The summed E-state index contributed by atoms with van der Waals surface area (Å²) in [4.78, 5) is 11.1. The molecule has 1 rings (SSSR count). The summed E-state index contributed by atoms with van der Waals surface area (Å²) in [5, 5.41) is 5.98. The van der Waals surface area contributed by atoms with Crippen LogP contribution in [0.5, 0.6) is 0 Å². The van der Waals surface area contributed by atoms with E-state index in [0.29, 0.717) is 12.6 Å². The molecule has 0 bridgehead atoms. The van der Waals surface area contributed by atoms with E-state index in [0.717, 1.165) is 25.9 Å². The smallest absolute Gasteiger partial charge is 0.246 e. The summed E-state index contributed by atoms with van der Waals surface area (Å²) >= 11 is 0. The molecule has 13 heavy (non-hydrogen) atoms. The number of carbonyl (C=O) groups is 1. The number of nitrogens with one attached hydrogen (secondary N) is 2. The van der Waals surface area contributed by atoms with E-state index in [4.69, 9.17) is 4.74 Å². The third kappa shape index (κ3) is 5.60. The van der Waals surface area contributed by atoms with Gasteiger partial charge in [0.25, 0.3) is 0 Å². The second-order valence-electron chi connectivity index (χ2n) is 3.25. The molecule has 0 saturated heterocycles. The third-order valence-electron chi connectivity index (χ3n) is 1.85. The van der Waals surface area contributed by atoms with Crippen molar-refractivity contribution in [1.82, 2.24) is 10.6 Å². The fourth-order valence-electron chi connectivity index (χ4n) is 0.983. The van der Waals surface area contributed by atoms with E-state index in [9.17, 15) is 4.79 Å². The van der Waals surface area contributed by atoms with E-state index in [2.05, 4.69) is 10.6 Å². The first-order valence-electron chi connectivity index (χ1n) is 4.90. The monoisotopic (exact) mass is 186 g/mol. The molecule has 1 aliphatic carbocycles. The van der Waals surface area contributed by atoms with Gasteiger partial charge in [-0.2, -0.15) is 0 Å². The number of amides is 1. The molecule has 0 spiro atoms. The zero-order chi connectivity index (χ0) is 9.52. The van der Waals surface area contributed by atoms with Crippen LogP contribution in [0.3, 0.4) is 0 Å². The Kier molecular flexibility index (Phi) is 4.78. The summed E-state index contributed by atoms with van der Waals surface area (Å²) in [6, 6.07) is 0.435. The lowest BCUT2D eigenvalue weighted by molar-refractivity contribution is -0.125. The number of hydrogen-bond donors (Lipinski definition) is 2. The van der Waals surface area contributed by atoms with Crippen LogP contribution in [0.2, 0.25) is 0 Å². The standard InChI is InChI=1S/C9H18N2O2/c1-2-10-5-6-13-7-9(12)11-8-3-4-8/h8,10H,2-7H2,1H3,(H,11,12). The van der Waals surface area contributed by atoms with Crippen LogP contribution in [0.15, 0.2) is 0 Å². The van der Waals surface area contributed by atoms with Gasteiger partial charge in [0.15, 0.2) is 0 Å². The van der Waals surface area contributed by atoms with Gasteiger partial charge in [-0.25, -0.2) is 0 Å². The van der Waals surface area contributed by atoms with Crippen LogP contribution in [0, 0.1) is 0 Å². The molecule has 1 aliphatic rings. The minimum Gasteiger partial charge on any atom is -0.370 e. The number of carbonyl (C=O) groups excluding carboxylic acids is 1. The van der Waals surface area contributed by atoms with E-state index in [-0.39, 0.29) is 12.5 Å². The predicted octanol–water partition coefficient (Wildman–Crippen LogP) is -0.109. The minimum atomic E-state index is 0.0130. The first-order valence-corrected chi connectivity index (χ1v) is 4.90. The highest BCUT2D eigenvalue weighted by atomic mass is 16.5. The van der Waals surface area contributed by atoms with Crippen LogP contribution < -0.4 is 10.6 Å². The average Bonchev–Trinajstić information content (AvgIpc) is 2.88. The van der Waals surface area contributed by atoms with Gasteiger partial charge in [-0.05, 0) is 19.4 Å². The Morgan fingerprint density at radius 1 is 1.54 bits per heavy atom. The van der Waals surface area contributed by atoms with E-state index < -0.39 is 0 Å². The molecule has 1 amide bonds. The maximum atomic E-state index is 11.1. The fraction of sp³-hybridized carbons (Fsp3) is 0.889. The Morgan fingerprint density at radius 2 is 2.31 bits per heavy atom. The maximum Gasteiger partial charge on any atom is 0.246 e. The second-order valence-corrected chi connectivity index (χ2v) is 3.25. The Morgan fingerprint density at radius 3 is 2.92 bits per heavy atom. The van der Waals surface area contributed by atoms with Crippen molar-refractivity contribution < 1.29 is 9.53 Å². The van der Waals surface area contributed by atoms with Gasteiger partial charge in [-0.1, -0.05) is 6.92 Å². The van der Waals surface area contributed by atoms with Gasteiger partial charge in [-0.15, -0.1) is 0 Å². The molecule has 0 heterocycles. The van der Waals surface area contributed by atoms with E-state index in [1.807, 2.05) is 6.92 Å². The van der Waals surface area contributed by atoms with Gasteiger partial charge >= 0.3 is 0 Å². The quantitative estimate of drug-likeness (QED) is 0.545. The molecule has 0 unspecified atom stereocenters. The summed E-state index contributed by atoms with van der Waals surface area (Å²) in [6.45, 7) is 4.60. The number of rotatable bonds is 7. The Labute approximate surface area is 79.0 Å². The lowest BCUT2D eigenvalue weighted by Gasteiger charge is -2.04. The zero-order valence-electron chi connectivity index (χ0n) is 8.14. The van der Waals surface area contributed by atoms with Crippen molar-refractivity contribution in [3.05, 3.63) is 0 Å². The van der Waals surface area contributed by atoms with Gasteiger partial charge in [0.2, 0.25) is 5.91 Å². The lowest BCUT2D eigenvalue weighted by Crippen LogP contribution is -2.30. The predicted molar refractivity (Wildman–Crippen MR) is 50.5 cm³/mol. The fourth-order valence-corrected chi connectivity index (χ4v) is 0.983. The van der Waals surface area contributed by atoms with E-state index in [1.54, 1.807) is 0 Å². The number of hydrogen-bond acceptors (Lipinski definition) is 3. The number of likely N-dealkylation sites (N-methyl/N-ethyl adjacent to an activating group) is 1. The highest BCUT2D eigenvalue weighted by molar-refractivity contribution is 5.77. The van der Waals surface area contributed by atoms with Crippen LogP contribution >= 0.6 is 0 Å². The molecule has 0 aromatic heterocycles. The maximum absolute atomic E-state index is 11.1. The normalized spacial score (nSPS) is 15.8. The van der Waals surface area contributed by atoms with Crippen LogP contribution in [0.4, 0.5) is 0 Å². The van der Waals surface area contributed by atoms with E-state index >= 15 is 0 Å². The molecular formula is C9H18N2O2. The van der Waals surface area contributed by atoms with Crippen LogP contribution in [0.25, 0.3) is 0 Å². The summed E-state index contributed by atoms with van der Waals surface area (Å²) in [7, 11) is 0. The highest BCUT2D eigenvalue weighted by Crippen LogP contribution is 2.18. The van der Waals surface area contributed by atoms with Crippen molar-refractivity contribution in [1.29, 1.82) is 0 Å². The van der Waals surface area contributed by atoms with Crippen molar-refractivity contribution in [3.8, 4) is 0 Å². The van der Waals surface area contributed by atoms with Gasteiger partial charge in [0, 0.05) is 12.6 Å². The van der Waals surface area contributed by atoms with Gasteiger partial charge in [0.05, 0.1) is 6.61 Å². The van der Waals surface area contributed by atoms with Crippen LogP contribution in [0.1, 0.15) is 19.8 Å². The first-order chi connectivity index (χ1) is 6.33. The lowest BCUT2D eigenvalue weighted by atomic mass is 10.5. The van der Waals surface area contributed by atoms with Crippen LogP contribution in [-0.2, 0) is 9.53 Å². The molecule has 0 atom stereocenters. The molecule has 1 saturated carbocycles. The van der Waals surface area contributed by atoms with E-state index in [1.165, 1.54) is 0 Å².